The molecule has 0 saturated heterocycles. The Labute approximate surface area is 222 Å². The van der Waals surface area contributed by atoms with E-state index in [4.69, 9.17) is 4.74 Å². The lowest BCUT2D eigenvalue weighted by Gasteiger charge is -2.32. The molecule has 202 valence electrons. The standard InChI is InChI=1S/C30H43N3O4/c1-8-9-13-16-31-27(34)26(24-18-21(2)17-22(3)19-24)33(7)28(35)25(20-23-14-11-10-12-15-23)32-29(36)37-30(4,5)6/h10-12,14-15,17-19,25-26H,8-9,13,16,20H2,1-7H3,(H,31,34)(H,32,36). The van der Waals surface area contributed by atoms with E-state index in [0.717, 1.165) is 41.5 Å². The smallest absolute Gasteiger partial charge is 0.408 e. The van der Waals surface area contributed by atoms with Crippen LogP contribution in [0.2, 0.25) is 0 Å². The first kappa shape index (κ1) is 29.9. The Bertz CT molecular complexity index is 1030. The number of carbonyl (C=O) groups is 3. The van der Waals surface area contributed by atoms with Gasteiger partial charge in [-0.2, -0.15) is 0 Å². The van der Waals surface area contributed by atoms with Gasteiger partial charge < -0.3 is 20.3 Å². The largest absolute Gasteiger partial charge is 0.444 e. The van der Waals surface area contributed by atoms with E-state index in [2.05, 4.69) is 17.6 Å². The fourth-order valence-corrected chi connectivity index (χ4v) is 4.27. The number of amides is 3. The molecule has 2 aromatic carbocycles. The minimum atomic E-state index is -0.913. The lowest BCUT2D eigenvalue weighted by atomic mass is 9.98. The molecule has 0 aliphatic rings. The van der Waals surface area contributed by atoms with Crippen LogP contribution in [-0.4, -0.2) is 48.0 Å². The Morgan fingerprint density at radius 1 is 0.973 bits per heavy atom. The molecule has 3 amide bonds. The van der Waals surface area contributed by atoms with Crippen molar-refractivity contribution < 1.29 is 19.1 Å². The molecule has 0 fully saturated rings. The van der Waals surface area contributed by atoms with Gasteiger partial charge in [-0.05, 0) is 52.2 Å². The lowest BCUT2D eigenvalue weighted by Crippen LogP contribution is -2.52. The highest BCUT2D eigenvalue weighted by Crippen LogP contribution is 2.24. The highest BCUT2D eigenvalue weighted by molar-refractivity contribution is 5.92. The van der Waals surface area contributed by atoms with Gasteiger partial charge in [-0.15, -0.1) is 0 Å². The minimum Gasteiger partial charge on any atom is -0.444 e. The molecular weight excluding hydrogens is 466 g/mol. The molecule has 0 radical (unpaired) electrons. The predicted molar refractivity (Wildman–Crippen MR) is 147 cm³/mol. The molecule has 0 saturated carbocycles. The maximum atomic E-state index is 13.9. The van der Waals surface area contributed by atoms with E-state index < -0.39 is 23.8 Å². The van der Waals surface area contributed by atoms with Crippen molar-refractivity contribution in [3.63, 3.8) is 0 Å². The first-order chi connectivity index (χ1) is 17.4. The van der Waals surface area contributed by atoms with Crippen LogP contribution in [0, 0.1) is 13.8 Å². The number of hydrogen-bond acceptors (Lipinski definition) is 4. The van der Waals surface area contributed by atoms with Gasteiger partial charge >= 0.3 is 6.09 Å². The molecule has 0 heterocycles. The van der Waals surface area contributed by atoms with Crippen molar-refractivity contribution in [1.82, 2.24) is 15.5 Å². The zero-order valence-corrected chi connectivity index (χ0v) is 23.4. The molecule has 0 aromatic heterocycles. The summed E-state index contributed by atoms with van der Waals surface area (Å²) in [5, 5.41) is 5.75. The summed E-state index contributed by atoms with van der Waals surface area (Å²) in [6.45, 7) is 11.9. The number of carbonyl (C=O) groups excluding carboxylic acids is 3. The fraction of sp³-hybridized carbons (Fsp3) is 0.500. The maximum Gasteiger partial charge on any atom is 0.408 e. The van der Waals surface area contributed by atoms with Crippen LogP contribution in [0.15, 0.2) is 48.5 Å². The van der Waals surface area contributed by atoms with E-state index >= 15 is 0 Å². The van der Waals surface area contributed by atoms with Gasteiger partial charge in [0, 0.05) is 20.0 Å². The quantitative estimate of drug-likeness (QED) is 0.405. The highest BCUT2D eigenvalue weighted by atomic mass is 16.6. The van der Waals surface area contributed by atoms with Crippen molar-refractivity contribution in [2.24, 2.45) is 0 Å². The molecule has 0 spiro atoms. The third-order valence-electron chi connectivity index (χ3n) is 5.89. The Hall–Kier alpha value is -3.35. The number of alkyl carbamates (subject to hydrolysis) is 1. The second kappa shape index (κ2) is 13.8. The lowest BCUT2D eigenvalue weighted by molar-refractivity contribution is -0.140. The average molecular weight is 510 g/mol. The molecular formula is C30H43N3O4. The van der Waals surface area contributed by atoms with Crippen molar-refractivity contribution in [3.05, 3.63) is 70.8 Å². The summed E-state index contributed by atoms with van der Waals surface area (Å²) >= 11 is 0. The normalized spacial score (nSPS) is 12.8. The Kier molecular flexibility index (Phi) is 11.2. The van der Waals surface area contributed by atoms with Gasteiger partial charge in [-0.3, -0.25) is 9.59 Å². The number of likely N-dealkylation sites (N-methyl/N-ethyl adjacent to an activating group) is 1. The average Bonchev–Trinajstić information content (AvgIpc) is 2.80. The van der Waals surface area contributed by atoms with Crippen molar-refractivity contribution in [2.45, 2.75) is 84.9 Å². The van der Waals surface area contributed by atoms with Crippen LogP contribution in [0.25, 0.3) is 0 Å². The number of unbranched alkanes of at least 4 members (excludes halogenated alkanes) is 2. The van der Waals surface area contributed by atoms with Crippen LogP contribution >= 0.6 is 0 Å². The van der Waals surface area contributed by atoms with Gasteiger partial charge in [0.1, 0.15) is 17.7 Å². The van der Waals surface area contributed by atoms with Crippen LogP contribution in [0.5, 0.6) is 0 Å². The van der Waals surface area contributed by atoms with Crippen molar-refractivity contribution in [1.29, 1.82) is 0 Å². The molecule has 7 heteroatoms. The molecule has 2 atom stereocenters. The van der Waals surface area contributed by atoms with Gasteiger partial charge in [0.15, 0.2) is 0 Å². The van der Waals surface area contributed by atoms with Gasteiger partial charge in [-0.1, -0.05) is 79.4 Å². The molecule has 0 bridgehead atoms. The SMILES string of the molecule is CCCCCNC(=O)C(c1cc(C)cc(C)c1)N(C)C(=O)C(Cc1ccccc1)NC(=O)OC(C)(C)C. The summed E-state index contributed by atoms with van der Waals surface area (Å²) in [4.78, 5) is 41.4. The van der Waals surface area contributed by atoms with E-state index in [1.54, 1.807) is 27.8 Å². The number of benzene rings is 2. The Morgan fingerprint density at radius 2 is 1.59 bits per heavy atom. The summed E-state index contributed by atoms with van der Waals surface area (Å²) in [7, 11) is 1.62. The summed E-state index contributed by atoms with van der Waals surface area (Å²) in [6, 6.07) is 13.6. The van der Waals surface area contributed by atoms with Gasteiger partial charge in [-0.25, -0.2) is 4.79 Å². The zero-order chi connectivity index (χ0) is 27.6. The third-order valence-corrected chi connectivity index (χ3v) is 5.89. The van der Waals surface area contributed by atoms with Gasteiger partial charge in [0.05, 0.1) is 0 Å². The minimum absolute atomic E-state index is 0.243. The highest BCUT2D eigenvalue weighted by Gasteiger charge is 2.34. The number of aryl methyl sites for hydroxylation is 2. The number of hydrogen-bond donors (Lipinski definition) is 2. The molecule has 7 nitrogen and oxygen atoms in total. The third kappa shape index (κ3) is 9.90. The Balaban J connectivity index is 2.38. The van der Waals surface area contributed by atoms with Gasteiger partial charge in [0.25, 0.3) is 0 Å². The van der Waals surface area contributed by atoms with Crippen LogP contribution in [-0.2, 0) is 20.7 Å². The van der Waals surface area contributed by atoms with Crippen molar-refractivity contribution >= 4 is 17.9 Å². The molecule has 2 unspecified atom stereocenters. The zero-order valence-electron chi connectivity index (χ0n) is 23.4. The van der Waals surface area contributed by atoms with Crippen LogP contribution in [0.3, 0.4) is 0 Å². The topological polar surface area (TPSA) is 87.7 Å². The van der Waals surface area contributed by atoms with Gasteiger partial charge in [0.2, 0.25) is 11.8 Å². The first-order valence-corrected chi connectivity index (χ1v) is 13.1. The molecule has 0 aliphatic heterocycles. The second-order valence-electron chi connectivity index (χ2n) is 10.7. The Morgan fingerprint density at radius 3 is 2.16 bits per heavy atom. The van der Waals surface area contributed by atoms with E-state index in [9.17, 15) is 14.4 Å². The summed E-state index contributed by atoms with van der Waals surface area (Å²) in [6.07, 6.45) is 2.52. The molecule has 2 N–H and O–H groups in total. The van der Waals surface area contributed by atoms with E-state index in [1.165, 1.54) is 4.90 Å². The summed E-state index contributed by atoms with van der Waals surface area (Å²) < 4.78 is 5.44. The molecule has 2 aromatic rings. The summed E-state index contributed by atoms with van der Waals surface area (Å²) in [5.41, 5.74) is 2.92. The monoisotopic (exact) mass is 509 g/mol. The maximum absolute atomic E-state index is 13.9. The molecule has 37 heavy (non-hydrogen) atoms. The second-order valence-corrected chi connectivity index (χ2v) is 10.7. The molecule has 2 rings (SSSR count). The van der Waals surface area contributed by atoms with Crippen LogP contribution in [0.4, 0.5) is 4.79 Å². The predicted octanol–water partition coefficient (Wildman–Crippen LogP) is 5.25. The van der Waals surface area contributed by atoms with Crippen LogP contribution in [0.1, 0.15) is 75.3 Å². The first-order valence-electron chi connectivity index (χ1n) is 13.1. The fourth-order valence-electron chi connectivity index (χ4n) is 4.27. The number of rotatable bonds is 11. The van der Waals surface area contributed by atoms with E-state index in [1.807, 2.05) is 62.4 Å². The summed E-state index contributed by atoms with van der Waals surface area (Å²) in [5.74, 6) is -0.615. The van der Waals surface area contributed by atoms with E-state index in [-0.39, 0.29) is 18.2 Å². The number of nitrogens with one attached hydrogen (secondary N) is 2. The van der Waals surface area contributed by atoms with Crippen LogP contribution < -0.4 is 10.6 Å². The van der Waals surface area contributed by atoms with Crippen molar-refractivity contribution in [2.75, 3.05) is 13.6 Å². The van der Waals surface area contributed by atoms with Crippen molar-refractivity contribution in [3.8, 4) is 0 Å². The number of ether oxygens (including phenoxy) is 1. The van der Waals surface area contributed by atoms with E-state index in [0.29, 0.717) is 6.54 Å². The number of nitrogens with zero attached hydrogens (tertiary/aromatic N) is 1. The molecule has 0 aliphatic carbocycles.